The molecule has 4 heterocycles. The van der Waals surface area contributed by atoms with Crippen molar-refractivity contribution in [1.29, 1.82) is 0 Å². The van der Waals surface area contributed by atoms with Crippen molar-refractivity contribution in [3.63, 3.8) is 0 Å². The first-order valence-corrected chi connectivity index (χ1v) is 12.0. The zero-order chi connectivity index (χ0) is 25.1. The minimum absolute atomic E-state index is 0.0366. The van der Waals surface area contributed by atoms with Crippen LogP contribution in [0.15, 0.2) is 55.0 Å². The lowest BCUT2D eigenvalue weighted by Gasteiger charge is -2.35. The van der Waals surface area contributed by atoms with Crippen LogP contribution in [0.2, 0.25) is 5.02 Å². The van der Waals surface area contributed by atoms with E-state index in [2.05, 4.69) is 35.4 Å². The van der Waals surface area contributed by atoms with E-state index in [0.717, 1.165) is 48.9 Å². The van der Waals surface area contributed by atoms with Crippen LogP contribution in [0.5, 0.6) is 5.75 Å². The number of aromatic nitrogens is 4. The van der Waals surface area contributed by atoms with Crippen LogP contribution in [-0.4, -0.2) is 77.0 Å². The summed E-state index contributed by atoms with van der Waals surface area (Å²) in [6.07, 6.45) is 5.24. The lowest BCUT2D eigenvalue weighted by atomic mass is 10.2. The number of hydrogen-bond acceptors (Lipinski definition) is 8. The normalized spacial score (nSPS) is 14.1. The van der Waals surface area contributed by atoms with Crippen LogP contribution in [0.1, 0.15) is 0 Å². The topological polar surface area (TPSA) is 99.9 Å². The highest BCUT2D eigenvalue weighted by Gasteiger charge is 2.20. The van der Waals surface area contributed by atoms with E-state index in [1.54, 1.807) is 26.6 Å². The quantitative estimate of drug-likeness (QED) is 0.394. The van der Waals surface area contributed by atoms with Gasteiger partial charge in [0.1, 0.15) is 17.1 Å². The van der Waals surface area contributed by atoms with Crippen molar-refractivity contribution >= 4 is 40.5 Å². The number of nitrogens with one attached hydrogen (secondary N) is 2. The van der Waals surface area contributed by atoms with Gasteiger partial charge in [0, 0.05) is 51.2 Å². The summed E-state index contributed by atoms with van der Waals surface area (Å²) in [7, 11) is 3.30. The Morgan fingerprint density at radius 3 is 2.72 bits per heavy atom. The summed E-state index contributed by atoms with van der Waals surface area (Å²) in [5.74, 6) is 1.11. The smallest absolute Gasteiger partial charge is 0.233 e. The molecular weight excluding hydrogens is 480 g/mol. The average Bonchev–Trinajstić information content (AvgIpc) is 3.34. The first-order chi connectivity index (χ1) is 17.6. The molecule has 1 aliphatic rings. The molecule has 0 aliphatic carbocycles. The minimum Gasteiger partial charge on any atom is -0.494 e. The van der Waals surface area contributed by atoms with E-state index in [1.807, 2.05) is 47.0 Å². The van der Waals surface area contributed by atoms with Gasteiger partial charge in [0.05, 0.1) is 42.5 Å². The molecule has 0 spiro atoms. The first-order valence-electron chi connectivity index (χ1n) is 11.6. The maximum atomic E-state index is 11.7. The highest BCUT2D eigenvalue weighted by atomic mass is 35.5. The molecule has 186 valence electrons. The molecule has 0 unspecified atom stereocenters. The summed E-state index contributed by atoms with van der Waals surface area (Å²) in [4.78, 5) is 29.6. The van der Waals surface area contributed by atoms with Crippen LogP contribution in [0.3, 0.4) is 0 Å². The third kappa shape index (κ3) is 4.91. The fraction of sp³-hybridized carbons (Fsp3) is 0.280. The second-order valence-electron chi connectivity index (χ2n) is 8.41. The predicted octanol–water partition coefficient (Wildman–Crippen LogP) is 3.06. The molecule has 10 nitrogen and oxygen atoms in total. The third-order valence-corrected chi connectivity index (χ3v) is 6.50. The molecule has 0 atom stereocenters. The molecule has 1 amide bonds. The predicted molar refractivity (Wildman–Crippen MR) is 140 cm³/mol. The maximum Gasteiger partial charge on any atom is 0.233 e. The zero-order valence-electron chi connectivity index (χ0n) is 20.1. The second kappa shape index (κ2) is 10.4. The van der Waals surface area contributed by atoms with Crippen molar-refractivity contribution in [2.24, 2.45) is 0 Å². The van der Waals surface area contributed by atoms with Gasteiger partial charge in [-0.15, -0.1) is 0 Å². The summed E-state index contributed by atoms with van der Waals surface area (Å²) in [6, 6.07) is 11.8. The summed E-state index contributed by atoms with van der Waals surface area (Å²) in [5.41, 5.74) is 3.96. The van der Waals surface area contributed by atoms with Gasteiger partial charge in [0.15, 0.2) is 0 Å². The van der Waals surface area contributed by atoms with E-state index < -0.39 is 0 Å². The molecule has 36 heavy (non-hydrogen) atoms. The van der Waals surface area contributed by atoms with Gasteiger partial charge in [0.25, 0.3) is 0 Å². The largest absolute Gasteiger partial charge is 0.494 e. The summed E-state index contributed by atoms with van der Waals surface area (Å²) < 4.78 is 7.61. The molecule has 4 aromatic rings. The first kappa shape index (κ1) is 23.8. The lowest BCUT2D eigenvalue weighted by Crippen LogP contribution is -2.49. The standard InChI is InChI=1S/C25H27ClN8O2/c1-27-23(35)16-32-9-11-33(12-10-32)17-6-7-19(21(13-17)36-2)30-25-29-14-18(26)24(31-25)20-15-28-22-5-3-4-8-34(20)22/h3-8,13-15H,9-12,16H2,1-2H3,(H,27,35)(H,29,30,31). The Labute approximate surface area is 213 Å². The fourth-order valence-electron chi connectivity index (χ4n) is 4.26. The lowest BCUT2D eigenvalue weighted by molar-refractivity contribution is -0.121. The van der Waals surface area contributed by atoms with Crippen LogP contribution in [0.25, 0.3) is 17.0 Å². The van der Waals surface area contributed by atoms with Gasteiger partial charge < -0.3 is 20.3 Å². The molecule has 0 bridgehead atoms. The highest BCUT2D eigenvalue weighted by Crippen LogP contribution is 2.33. The van der Waals surface area contributed by atoms with E-state index in [4.69, 9.17) is 16.3 Å². The number of piperazine rings is 1. The van der Waals surface area contributed by atoms with E-state index >= 15 is 0 Å². The number of carbonyl (C=O) groups is 1. The number of hydrogen-bond donors (Lipinski definition) is 2. The van der Waals surface area contributed by atoms with E-state index in [0.29, 0.717) is 29.0 Å². The Bertz CT molecular complexity index is 1380. The minimum atomic E-state index is 0.0366. The Hall–Kier alpha value is -3.89. The number of likely N-dealkylation sites (N-methyl/N-ethyl adjacent to an activating group) is 1. The van der Waals surface area contributed by atoms with Crippen LogP contribution in [-0.2, 0) is 4.79 Å². The molecule has 5 rings (SSSR count). The van der Waals surface area contributed by atoms with Crippen molar-refractivity contribution in [3.8, 4) is 17.1 Å². The Morgan fingerprint density at radius 1 is 1.11 bits per heavy atom. The average molecular weight is 507 g/mol. The van der Waals surface area contributed by atoms with Gasteiger partial charge in [-0.1, -0.05) is 17.7 Å². The van der Waals surface area contributed by atoms with Crippen LogP contribution < -0.4 is 20.3 Å². The monoisotopic (exact) mass is 506 g/mol. The van der Waals surface area contributed by atoms with Crippen molar-refractivity contribution in [3.05, 3.63) is 60.0 Å². The second-order valence-corrected chi connectivity index (χ2v) is 8.82. The number of rotatable bonds is 7. The van der Waals surface area contributed by atoms with Crippen molar-refractivity contribution in [2.45, 2.75) is 0 Å². The molecule has 0 saturated carbocycles. The van der Waals surface area contributed by atoms with Crippen LogP contribution in [0, 0.1) is 0 Å². The Balaban J connectivity index is 1.34. The van der Waals surface area contributed by atoms with Gasteiger partial charge in [-0.25, -0.2) is 15.0 Å². The zero-order valence-corrected chi connectivity index (χ0v) is 20.9. The Morgan fingerprint density at radius 2 is 1.94 bits per heavy atom. The number of fused-ring (bicyclic) bond motifs is 1. The van der Waals surface area contributed by atoms with Gasteiger partial charge >= 0.3 is 0 Å². The number of benzene rings is 1. The molecule has 1 aliphatic heterocycles. The summed E-state index contributed by atoms with van der Waals surface area (Å²) >= 11 is 6.45. The van der Waals surface area contributed by atoms with Crippen molar-refractivity contribution < 1.29 is 9.53 Å². The molecule has 3 aromatic heterocycles. The van der Waals surface area contributed by atoms with Crippen molar-refractivity contribution in [2.75, 3.05) is 57.1 Å². The van der Waals surface area contributed by atoms with E-state index in [1.165, 1.54) is 0 Å². The van der Waals surface area contributed by atoms with E-state index in [-0.39, 0.29) is 5.91 Å². The van der Waals surface area contributed by atoms with Crippen molar-refractivity contribution in [1.82, 2.24) is 29.6 Å². The molecule has 2 N–H and O–H groups in total. The Kier molecular flexibility index (Phi) is 6.88. The molecular formula is C25H27ClN8O2. The third-order valence-electron chi connectivity index (χ3n) is 6.22. The van der Waals surface area contributed by atoms with Gasteiger partial charge in [-0.05, 0) is 24.3 Å². The summed E-state index contributed by atoms with van der Waals surface area (Å²) in [6.45, 7) is 3.72. The van der Waals surface area contributed by atoms with Gasteiger partial charge in [-0.2, -0.15) is 0 Å². The number of ether oxygens (including phenoxy) is 1. The maximum absolute atomic E-state index is 11.7. The summed E-state index contributed by atoms with van der Waals surface area (Å²) in [5, 5.41) is 6.37. The number of imidazole rings is 1. The molecule has 1 aromatic carbocycles. The molecule has 11 heteroatoms. The fourth-order valence-corrected chi connectivity index (χ4v) is 4.45. The molecule has 1 saturated heterocycles. The number of pyridine rings is 1. The SMILES string of the molecule is CNC(=O)CN1CCN(c2ccc(Nc3ncc(Cl)c(-c4cnc5ccccn45)n3)c(OC)c2)CC1. The van der Waals surface area contributed by atoms with Crippen LogP contribution in [0.4, 0.5) is 17.3 Å². The number of methoxy groups -OCH3 is 1. The van der Waals surface area contributed by atoms with Gasteiger partial charge in [-0.3, -0.25) is 14.1 Å². The number of anilines is 3. The number of nitrogens with zero attached hydrogens (tertiary/aromatic N) is 6. The number of halogens is 1. The molecule has 1 fully saturated rings. The van der Waals surface area contributed by atoms with E-state index in [9.17, 15) is 4.79 Å². The number of carbonyl (C=O) groups excluding carboxylic acids is 1. The van der Waals surface area contributed by atoms with Gasteiger partial charge in [0.2, 0.25) is 11.9 Å². The number of amides is 1. The van der Waals surface area contributed by atoms with Crippen LogP contribution >= 0.6 is 11.6 Å². The molecule has 0 radical (unpaired) electrons. The highest BCUT2D eigenvalue weighted by molar-refractivity contribution is 6.32.